The minimum atomic E-state index is -0.656. The first-order chi connectivity index (χ1) is 12.5. The minimum absolute atomic E-state index is 0.109. The number of aliphatic hydroxyl groups excluding tert-OH is 1. The van der Waals surface area contributed by atoms with Crippen LogP contribution in [0.5, 0.6) is 5.75 Å². The number of rotatable bonds is 7. The standard InChI is InChI=1S/C21H23NO4/c1-14(2)22-12-16(23)13-25-19-10-6-9-17-18(24)11-20(26-21(17)19)15-7-4-3-5-8-15/h3-11,14,16,22-23H,12-13H2,1-2H3. The Balaban J connectivity index is 1.89. The van der Waals surface area contributed by atoms with Crippen LogP contribution < -0.4 is 15.5 Å². The van der Waals surface area contributed by atoms with E-state index in [-0.39, 0.29) is 18.1 Å². The lowest BCUT2D eigenvalue weighted by Crippen LogP contribution is -2.35. The van der Waals surface area contributed by atoms with E-state index in [9.17, 15) is 9.90 Å². The van der Waals surface area contributed by atoms with Gasteiger partial charge in [-0.05, 0) is 12.1 Å². The molecular formula is C21H23NO4. The largest absolute Gasteiger partial charge is 0.487 e. The third-order valence-corrected chi connectivity index (χ3v) is 3.97. The van der Waals surface area contributed by atoms with Gasteiger partial charge in [0.2, 0.25) is 0 Å². The zero-order chi connectivity index (χ0) is 18.5. The molecule has 26 heavy (non-hydrogen) atoms. The Morgan fingerprint density at radius 3 is 2.62 bits per heavy atom. The molecule has 0 aliphatic heterocycles. The summed E-state index contributed by atoms with van der Waals surface area (Å²) < 4.78 is 11.7. The molecule has 1 heterocycles. The molecule has 0 aliphatic rings. The maximum atomic E-state index is 12.5. The number of benzene rings is 2. The van der Waals surface area contributed by atoms with Crippen LogP contribution in [0.25, 0.3) is 22.3 Å². The van der Waals surface area contributed by atoms with Gasteiger partial charge in [0.05, 0.1) is 5.39 Å². The van der Waals surface area contributed by atoms with Crippen LogP contribution in [0.4, 0.5) is 0 Å². The van der Waals surface area contributed by atoms with Crippen molar-refractivity contribution < 1.29 is 14.3 Å². The van der Waals surface area contributed by atoms with Crippen LogP contribution >= 0.6 is 0 Å². The van der Waals surface area contributed by atoms with Crippen LogP contribution in [-0.4, -0.2) is 30.4 Å². The summed E-state index contributed by atoms with van der Waals surface area (Å²) in [5.74, 6) is 0.933. The second-order valence-corrected chi connectivity index (χ2v) is 6.50. The number of ether oxygens (including phenoxy) is 1. The van der Waals surface area contributed by atoms with Crippen LogP contribution in [0.2, 0.25) is 0 Å². The minimum Gasteiger partial charge on any atom is -0.487 e. The van der Waals surface area contributed by atoms with Gasteiger partial charge in [-0.15, -0.1) is 0 Å². The van der Waals surface area contributed by atoms with Crippen molar-refractivity contribution in [2.75, 3.05) is 13.2 Å². The van der Waals surface area contributed by atoms with Crippen molar-refractivity contribution in [1.82, 2.24) is 5.32 Å². The van der Waals surface area contributed by atoms with E-state index in [0.717, 1.165) is 5.56 Å². The molecule has 3 rings (SSSR count). The molecule has 0 fully saturated rings. The maximum Gasteiger partial charge on any atom is 0.193 e. The smallest absolute Gasteiger partial charge is 0.193 e. The van der Waals surface area contributed by atoms with E-state index in [1.165, 1.54) is 6.07 Å². The first-order valence-electron chi connectivity index (χ1n) is 8.71. The quantitative estimate of drug-likeness (QED) is 0.682. The predicted octanol–water partition coefficient (Wildman–Crippen LogP) is 3.20. The molecule has 1 atom stereocenters. The number of para-hydroxylation sites is 1. The van der Waals surface area contributed by atoms with E-state index >= 15 is 0 Å². The fraction of sp³-hybridized carbons (Fsp3) is 0.286. The Morgan fingerprint density at radius 2 is 1.88 bits per heavy atom. The molecule has 2 aromatic carbocycles. The number of nitrogens with one attached hydrogen (secondary N) is 1. The molecule has 0 amide bonds. The van der Waals surface area contributed by atoms with Gasteiger partial charge >= 0.3 is 0 Å². The van der Waals surface area contributed by atoms with Crippen LogP contribution in [0.15, 0.2) is 63.8 Å². The second-order valence-electron chi connectivity index (χ2n) is 6.50. The summed E-state index contributed by atoms with van der Waals surface area (Å²) in [6, 6.07) is 16.4. The van der Waals surface area contributed by atoms with E-state index < -0.39 is 6.10 Å². The molecule has 5 nitrogen and oxygen atoms in total. The summed E-state index contributed by atoms with van der Waals surface area (Å²) in [7, 11) is 0. The summed E-state index contributed by atoms with van der Waals surface area (Å²) in [6.07, 6.45) is -0.656. The van der Waals surface area contributed by atoms with E-state index in [2.05, 4.69) is 5.32 Å². The third-order valence-electron chi connectivity index (χ3n) is 3.97. The Bertz CT molecular complexity index is 918. The first-order valence-corrected chi connectivity index (χ1v) is 8.71. The normalized spacial score (nSPS) is 12.5. The summed E-state index contributed by atoms with van der Waals surface area (Å²) in [4.78, 5) is 12.5. The average molecular weight is 353 g/mol. The maximum absolute atomic E-state index is 12.5. The number of hydrogen-bond donors (Lipinski definition) is 2. The monoisotopic (exact) mass is 353 g/mol. The fourth-order valence-corrected chi connectivity index (χ4v) is 2.63. The molecule has 0 saturated carbocycles. The second kappa shape index (κ2) is 8.17. The molecular weight excluding hydrogens is 330 g/mol. The average Bonchev–Trinajstić information content (AvgIpc) is 2.65. The highest BCUT2D eigenvalue weighted by atomic mass is 16.5. The van der Waals surface area contributed by atoms with Crippen molar-refractivity contribution in [2.24, 2.45) is 0 Å². The van der Waals surface area contributed by atoms with Gasteiger partial charge in [-0.3, -0.25) is 4.79 Å². The highest BCUT2D eigenvalue weighted by molar-refractivity contribution is 5.84. The van der Waals surface area contributed by atoms with Crippen LogP contribution in [0.1, 0.15) is 13.8 Å². The van der Waals surface area contributed by atoms with Crippen molar-refractivity contribution in [1.29, 1.82) is 0 Å². The van der Waals surface area contributed by atoms with E-state index in [4.69, 9.17) is 9.15 Å². The van der Waals surface area contributed by atoms with Crippen LogP contribution in [-0.2, 0) is 0 Å². The van der Waals surface area contributed by atoms with Gasteiger partial charge in [0, 0.05) is 24.2 Å². The Morgan fingerprint density at radius 1 is 1.12 bits per heavy atom. The number of aliphatic hydroxyl groups is 1. The molecule has 2 N–H and O–H groups in total. The fourth-order valence-electron chi connectivity index (χ4n) is 2.63. The summed E-state index contributed by atoms with van der Waals surface area (Å²) in [5, 5.41) is 13.6. The van der Waals surface area contributed by atoms with Gasteiger partial charge in [0.1, 0.15) is 18.5 Å². The van der Waals surface area contributed by atoms with Crippen molar-refractivity contribution >= 4 is 11.0 Å². The van der Waals surface area contributed by atoms with Crippen molar-refractivity contribution in [3.63, 3.8) is 0 Å². The van der Waals surface area contributed by atoms with Crippen LogP contribution in [0.3, 0.4) is 0 Å². The zero-order valence-corrected chi connectivity index (χ0v) is 14.9. The molecule has 1 aromatic heterocycles. The molecule has 0 aliphatic carbocycles. The topological polar surface area (TPSA) is 71.7 Å². The zero-order valence-electron chi connectivity index (χ0n) is 14.9. The van der Waals surface area contributed by atoms with Crippen molar-refractivity contribution in [3.05, 3.63) is 64.8 Å². The lowest BCUT2D eigenvalue weighted by molar-refractivity contribution is 0.105. The van der Waals surface area contributed by atoms with Gasteiger partial charge in [-0.25, -0.2) is 0 Å². The number of fused-ring (bicyclic) bond motifs is 1. The molecule has 0 spiro atoms. The van der Waals surface area contributed by atoms with E-state index in [1.54, 1.807) is 18.2 Å². The van der Waals surface area contributed by atoms with E-state index in [0.29, 0.717) is 29.0 Å². The molecule has 5 heteroatoms. The molecule has 0 radical (unpaired) electrons. The molecule has 3 aromatic rings. The number of hydrogen-bond acceptors (Lipinski definition) is 5. The lowest BCUT2D eigenvalue weighted by atomic mass is 10.1. The van der Waals surface area contributed by atoms with Gasteiger partial charge in [0.25, 0.3) is 0 Å². The van der Waals surface area contributed by atoms with E-state index in [1.807, 2.05) is 44.2 Å². The van der Waals surface area contributed by atoms with Crippen LogP contribution in [0, 0.1) is 0 Å². The third kappa shape index (κ3) is 4.31. The van der Waals surface area contributed by atoms with Gasteiger partial charge < -0.3 is 19.6 Å². The summed E-state index contributed by atoms with van der Waals surface area (Å²) in [6.45, 7) is 4.57. The molecule has 136 valence electrons. The predicted molar refractivity (Wildman–Crippen MR) is 103 cm³/mol. The lowest BCUT2D eigenvalue weighted by Gasteiger charge is -2.15. The summed E-state index contributed by atoms with van der Waals surface area (Å²) in [5.41, 5.74) is 1.09. The van der Waals surface area contributed by atoms with Gasteiger partial charge in [-0.1, -0.05) is 50.2 Å². The van der Waals surface area contributed by atoms with Gasteiger partial charge in [-0.2, -0.15) is 0 Å². The molecule has 0 saturated heterocycles. The first kappa shape index (κ1) is 18.2. The SMILES string of the molecule is CC(C)NCC(O)COc1cccc2c(=O)cc(-c3ccccc3)oc12. The van der Waals surface area contributed by atoms with Crippen molar-refractivity contribution in [3.8, 4) is 17.1 Å². The van der Waals surface area contributed by atoms with Crippen molar-refractivity contribution in [2.45, 2.75) is 26.0 Å². The molecule has 0 bridgehead atoms. The highest BCUT2D eigenvalue weighted by Gasteiger charge is 2.13. The highest BCUT2D eigenvalue weighted by Crippen LogP contribution is 2.28. The Kier molecular flexibility index (Phi) is 5.71. The Labute approximate surface area is 152 Å². The van der Waals surface area contributed by atoms with Gasteiger partial charge in [0.15, 0.2) is 16.8 Å². The summed E-state index contributed by atoms with van der Waals surface area (Å²) >= 11 is 0. The Hall–Kier alpha value is -2.63. The molecule has 1 unspecified atom stereocenters.